The van der Waals surface area contributed by atoms with E-state index in [1.807, 2.05) is 24.3 Å². The molecule has 0 saturated carbocycles. The summed E-state index contributed by atoms with van der Waals surface area (Å²) >= 11 is 0. The number of benzene rings is 2. The minimum absolute atomic E-state index is 0.0228. The Morgan fingerprint density at radius 3 is 2.66 bits per heavy atom. The normalized spacial score (nSPS) is 21.5. The molecule has 0 amide bonds. The molecular formula is C33H33FN6O4. The Balaban J connectivity index is 1.07. The van der Waals surface area contributed by atoms with Gasteiger partial charge in [-0.05, 0) is 55.7 Å². The molecule has 226 valence electrons. The predicted octanol–water partition coefficient (Wildman–Crippen LogP) is 4.61. The Morgan fingerprint density at radius 1 is 1.09 bits per heavy atom. The van der Waals surface area contributed by atoms with E-state index in [1.165, 1.54) is 6.07 Å². The molecule has 3 unspecified atom stereocenters. The van der Waals surface area contributed by atoms with Gasteiger partial charge in [0.05, 0.1) is 41.4 Å². The number of fused-ring (bicyclic) bond motifs is 3. The number of carboxylic acids is 1. The molecule has 7 rings (SSSR count). The SMILES string of the molecule is N#Cc1ccc(COc2cccc(N3CC4CCC(C3)N4Cc3nc4ccc(C(=O)O)cc4n3CC3CCOC3)n2)c(F)c1. The minimum atomic E-state index is -0.941. The minimum Gasteiger partial charge on any atom is -0.478 e. The van der Waals surface area contributed by atoms with Gasteiger partial charge in [-0.3, -0.25) is 4.90 Å². The number of nitriles is 1. The first-order chi connectivity index (χ1) is 21.4. The highest BCUT2D eigenvalue weighted by atomic mass is 19.1. The van der Waals surface area contributed by atoms with Crippen molar-refractivity contribution in [2.45, 2.75) is 51.0 Å². The van der Waals surface area contributed by atoms with E-state index in [0.29, 0.717) is 42.6 Å². The highest BCUT2D eigenvalue weighted by Gasteiger charge is 2.41. The van der Waals surface area contributed by atoms with Crippen molar-refractivity contribution in [2.75, 3.05) is 31.2 Å². The average Bonchev–Trinajstić information content (AvgIpc) is 3.73. The summed E-state index contributed by atoms with van der Waals surface area (Å²) in [5.41, 5.74) is 2.58. The summed E-state index contributed by atoms with van der Waals surface area (Å²) in [6.07, 6.45) is 3.14. The van der Waals surface area contributed by atoms with E-state index < -0.39 is 11.8 Å². The number of ether oxygens (including phenoxy) is 2. The van der Waals surface area contributed by atoms with Crippen LogP contribution in [-0.2, 0) is 24.4 Å². The van der Waals surface area contributed by atoms with Crippen molar-refractivity contribution in [1.82, 2.24) is 19.4 Å². The number of piperazine rings is 1. The molecule has 3 aliphatic heterocycles. The van der Waals surface area contributed by atoms with Crippen molar-refractivity contribution in [3.63, 3.8) is 0 Å². The van der Waals surface area contributed by atoms with Gasteiger partial charge in [0.2, 0.25) is 5.88 Å². The lowest BCUT2D eigenvalue weighted by atomic mass is 10.1. The van der Waals surface area contributed by atoms with Gasteiger partial charge < -0.3 is 24.0 Å². The van der Waals surface area contributed by atoms with Gasteiger partial charge in [0.1, 0.15) is 24.1 Å². The van der Waals surface area contributed by atoms with Crippen molar-refractivity contribution in [3.8, 4) is 11.9 Å². The zero-order valence-electron chi connectivity index (χ0n) is 24.2. The van der Waals surface area contributed by atoms with Gasteiger partial charge in [-0.1, -0.05) is 12.1 Å². The summed E-state index contributed by atoms with van der Waals surface area (Å²) in [4.78, 5) is 26.3. The second-order valence-corrected chi connectivity index (χ2v) is 11.9. The maximum Gasteiger partial charge on any atom is 0.335 e. The molecule has 3 atom stereocenters. The van der Waals surface area contributed by atoms with Crippen molar-refractivity contribution >= 4 is 22.8 Å². The van der Waals surface area contributed by atoms with Crippen LogP contribution in [0.25, 0.3) is 11.0 Å². The van der Waals surface area contributed by atoms with Crippen LogP contribution in [0.3, 0.4) is 0 Å². The van der Waals surface area contributed by atoms with E-state index >= 15 is 0 Å². The summed E-state index contributed by atoms with van der Waals surface area (Å²) in [6.45, 7) is 4.57. The predicted molar refractivity (Wildman–Crippen MR) is 160 cm³/mol. The topological polar surface area (TPSA) is 117 Å². The third-order valence-corrected chi connectivity index (χ3v) is 9.09. The van der Waals surface area contributed by atoms with Crippen molar-refractivity contribution < 1.29 is 23.8 Å². The van der Waals surface area contributed by atoms with Gasteiger partial charge in [-0.15, -0.1) is 0 Å². The van der Waals surface area contributed by atoms with Crippen molar-refractivity contribution in [3.05, 3.63) is 82.9 Å². The quantitative estimate of drug-likeness (QED) is 0.296. The molecule has 0 aliphatic carbocycles. The van der Waals surface area contributed by atoms with Gasteiger partial charge in [0.15, 0.2) is 0 Å². The van der Waals surface area contributed by atoms with Gasteiger partial charge in [0.25, 0.3) is 0 Å². The second kappa shape index (κ2) is 11.9. The lowest BCUT2D eigenvalue weighted by Crippen LogP contribution is -2.53. The zero-order valence-corrected chi connectivity index (χ0v) is 24.2. The number of hydrogen-bond donors (Lipinski definition) is 1. The van der Waals surface area contributed by atoms with E-state index in [2.05, 4.69) is 14.4 Å². The molecule has 3 fully saturated rings. The number of halogens is 1. The first-order valence-corrected chi connectivity index (χ1v) is 15.0. The van der Waals surface area contributed by atoms with Crippen LogP contribution in [0.4, 0.5) is 10.2 Å². The lowest BCUT2D eigenvalue weighted by Gasteiger charge is -2.41. The summed E-state index contributed by atoms with van der Waals surface area (Å²) in [7, 11) is 0. The Bertz CT molecular complexity index is 1730. The monoisotopic (exact) mass is 596 g/mol. The summed E-state index contributed by atoms with van der Waals surface area (Å²) < 4.78 is 28.0. The van der Waals surface area contributed by atoms with Crippen LogP contribution in [0.2, 0.25) is 0 Å². The van der Waals surface area contributed by atoms with E-state index in [0.717, 1.165) is 68.2 Å². The molecule has 10 nitrogen and oxygen atoms in total. The van der Waals surface area contributed by atoms with Gasteiger partial charge >= 0.3 is 5.97 Å². The number of nitrogens with zero attached hydrogens (tertiary/aromatic N) is 6. The molecule has 1 N–H and O–H groups in total. The van der Waals surface area contributed by atoms with E-state index in [1.54, 1.807) is 30.3 Å². The van der Waals surface area contributed by atoms with Crippen molar-refractivity contribution in [2.24, 2.45) is 5.92 Å². The maximum atomic E-state index is 14.3. The Morgan fingerprint density at radius 2 is 1.93 bits per heavy atom. The van der Waals surface area contributed by atoms with Gasteiger partial charge in [0, 0.05) is 55.9 Å². The number of imidazole rings is 1. The Labute approximate surface area is 254 Å². The Hall–Kier alpha value is -4.53. The average molecular weight is 597 g/mol. The molecule has 0 radical (unpaired) electrons. The molecule has 11 heteroatoms. The van der Waals surface area contributed by atoms with Crippen LogP contribution in [0.5, 0.6) is 5.88 Å². The zero-order chi connectivity index (χ0) is 30.2. The van der Waals surface area contributed by atoms with Gasteiger partial charge in [-0.25, -0.2) is 14.2 Å². The lowest BCUT2D eigenvalue weighted by molar-refractivity contribution is 0.0697. The van der Waals surface area contributed by atoms with E-state index in [4.69, 9.17) is 24.7 Å². The van der Waals surface area contributed by atoms with E-state index in [9.17, 15) is 14.3 Å². The van der Waals surface area contributed by atoms with Crippen LogP contribution in [0.1, 0.15) is 46.6 Å². The van der Waals surface area contributed by atoms with Crippen LogP contribution < -0.4 is 9.64 Å². The number of anilines is 1. The van der Waals surface area contributed by atoms with Crippen LogP contribution in [-0.4, -0.2) is 68.9 Å². The largest absolute Gasteiger partial charge is 0.478 e. The molecule has 4 aromatic rings. The van der Waals surface area contributed by atoms with E-state index in [-0.39, 0.29) is 17.7 Å². The molecule has 2 aromatic heterocycles. The fraction of sp³-hybridized carbons (Fsp3) is 0.394. The summed E-state index contributed by atoms with van der Waals surface area (Å²) in [6, 6.07) is 17.8. The molecule has 3 aliphatic rings. The number of pyridine rings is 1. The summed E-state index contributed by atoms with van der Waals surface area (Å²) in [5, 5.41) is 18.6. The molecule has 3 saturated heterocycles. The highest BCUT2D eigenvalue weighted by Crippen LogP contribution is 2.35. The van der Waals surface area contributed by atoms with Crippen LogP contribution in [0.15, 0.2) is 54.6 Å². The number of aromatic carboxylic acids is 1. The Kier molecular flexibility index (Phi) is 7.62. The molecular weight excluding hydrogens is 563 g/mol. The standard InChI is InChI=1S/C33H33FN6O4/c34-27-12-21(14-35)4-5-24(27)20-44-32-3-1-2-30(37-32)38-16-25-7-8-26(17-38)39(25)18-31-36-28-9-6-23(33(41)42)13-29(28)40(31)15-22-10-11-43-19-22/h1-6,9,12-13,22,25-26H,7-8,10-11,15-20H2,(H,41,42). The fourth-order valence-corrected chi connectivity index (χ4v) is 6.76. The number of rotatable bonds is 9. The first kappa shape index (κ1) is 28.3. The molecule has 5 heterocycles. The third kappa shape index (κ3) is 5.58. The maximum absolute atomic E-state index is 14.3. The van der Waals surface area contributed by atoms with Crippen molar-refractivity contribution in [1.29, 1.82) is 5.26 Å². The number of carboxylic acid groups (broad SMARTS) is 1. The number of aromatic nitrogens is 3. The molecule has 2 aromatic carbocycles. The molecule has 0 spiro atoms. The first-order valence-electron chi connectivity index (χ1n) is 15.0. The number of hydrogen-bond acceptors (Lipinski definition) is 8. The summed E-state index contributed by atoms with van der Waals surface area (Å²) in [5.74, 6) is 1.18. The molecule has 44 heavy (non-hydrogen) atoms. The highest BCUT2D eigenvalue weighted by molar-refractivity contribution is 5.92. The van der Waals surface area contributed by atoms with Crippen LogP contribution in [0, 0.1) is 23.1 Å². The van der Waals surface area contributed by atoms with Crippen LogP contribution >= 0.6 is 0 Å². The second-order valence-electron chi connectivity index (χ2n) is 11.9. The van der Waals surface area contributed by atoms with Gasteiger partial charge in [-0.2, -0.15) is 10.2 Å². The third-order valence-electron chi connectivity index (χ3n) is 9.09. The smallest absolute Gasteiger partial charge is 0.335 e. The molecule has 2 bridgehead atoms. The fourth-order valence-electron chi connectivity index (χ4n) is 6.76. The number of carbonyl (C=O) groups is 1.